The molecule has 0 aromatic carbocycles. The number of hydrogen-bond acceptors (Lipinski definition) is 6. The van der Waals surface area contributed by atoms with E-state index in [9.17, 15) is 4.79 Å². The minimum atomic E-state index is -0.166. The van der Waals surface area contributed by atoms with E-state index in [0.717, 1.165) is 18.1 Å². The predicted octanol–water partition coefficient (Wildman–Crippen LogP) is 1.68. The molecule has 1 aliphatic rings. The van der Waals surface area contributed by atoms with Crippen molar-refractivity contribution in [2.75, 3.05) is 24.2 Å². The van der Waals surface area contributed by atoms with Gasteiger partial charge in [-0.25, -0.2) is 5.01 Å². The van der Waals surface area contributed by atoms with Gasteiger partial charge in [0.15, 0.2) is 5.82 Å². The number of carbonyl (C=O) groups excluding carboxylic acids is 1. The molecule has 1 amide bonds. The zero-order valence-electron chi connectivity index (χ0n) is 11.4. The van der Waals surface area contributed by atoms with E-state index in [4.69, 9.17) is 5.73 Å². The van der Waals surface area contributed by atoms with Gasteiger partial charge in [0, 0.05) is 19.1 Å². The maximum absolute atomic E-state index is 12.1. The molecule has 2 rings (SSSR count). The van der Waals surface area contributed by atoms with Crippen molar-refractivity contribution in [2.45, 2.75) is 39.2 Å². The SMILES string of the molecule is CC(C)NC(=O)c1c(N)nsc1NN1CCCCC1. The van der Waals surface area contributed by atoms with Crippen LogP contribution in [0.5, 0.6) is 0 Å². The van der Waals surface area contributed by atoms with Gasteiger partial charge >= 0.3 is 0 Å². The molecule has 106 valence electrons. The maximum atomic E-state index is 12.1. The van der Waals surface area contributed by atoms with E-state index in [0.29, 0.717) is 11.4 Å². The number of carbonyl (C=O) groups is 1. The van der Waals surface area contributed by atoms with E-state index in [1.165, 1.54) is 30.8 Å². The molecule has 0 aliphatic carbocycles. The number of nitrogens with two attached hydrogens (primary N) is 1. The van der Waals surface area contributed by atoms with Gasteiger partial charge in [-0.2, -0.15) is 4.37 Å². The van der Waals surface area contributed by atoms with Gasteiger partial charge in [0.05, 0.1) is 0 Å². The molecule has 0 unspecified atom stereocenters. The van der Waals surface area contributed by atoms with Gasteiger partial charge in [0.2, 0.25) is 0 Å². The first-order chi connectivity index (χ1) is 9.08. The second kappa shape index (κ2) is 6.21. The standard InChI is InChI=1S/C12H21N5OS/c1-8(2)14-11(18)9-10(13)16-19-12(9)15-17-6-4-3-5-7-17/h8,15H,3-7H2,1-2H3,(H2,13,16)(H,14,18). The zero-order chi connectivity index (χ0) is 13.8. The van der Waals surface area contributed by atoms with Crippen molar-refractivity contribution in [3.63, 3.8) is 0 Å². The second-order valence-corrected chi connectivity index (χ2v) is 5.83. The van der Waals surface area contributed by atoms with Crippen LogP contribution in [0.3, 0.4) is 0 Å². The molecule has 7 heteroatoms. The Balaban J connectivity index is 2.10. The summed E-state index contributed by atoms with van der Waals surface area (Å²) < 4.78 is 4.08. The molecule has 6 nitrogen and oxygen atoms in total. The third-order valence-electron chi connectivity index (χ3n) is 2.98. The Labute approximate surface area is 117 Å². The maximum Gasteiger partial charge on any atom is 0.258 e. The Morgan fingerprint density at radius 2 is 2.05 bits per heavy atom. The molecule has 1 aromatic heterocycles. The molecule has 0 radical (unpaired) electrons. The minimum Gasteiger partial charge on any atom is -0.382 e. The lowest BCUT2D eigenvalue weighted by atomic mass is 10.2. The fraction of sp³-hybridized carbons (Fsp3) is 0.667. The highest BCUT2D eigenvalue weighted by molar-refractivity contribution is 7.11. The predicted molar refractivity (Wildman–Crippen MR) is 78.2 cm³/mol. The molecule has 1 saturated heterocycles. The number of rotatable bonds is 4. The summed E-state index contributed by atoms with van der Waals surface area (Å²) in [5.41, 5.74) is 9.54. The van der Waals surface area contributed by atoms with Crippen LogP contribution in [-0.2, 0) is 0 Å². The second-order valence-electron chi connectivity index (χ2n) is 5.06. The minimum absolute atomic E-state index is 0.0784. The number of nitrogens with one attached hydrogen (secondary N) is 2. The molecule has 1 fully saturated rings. The monoisotopic (exact) mass is 283 g/mol. The Kier molecular flexibility index (Phi) is 4.60. The van der Waals surface area contributed by atoms with E-state index in [1.807, 2.05) is 13.8 Å². The van der Waals surface area contributed by atoms with E-state index < -0.39 is 0 Å². The van der Waals surface area contributed by atoms with Crippen LogP contribution in [0.1, 0.15) is 43.5 Å². The van der Waals surface area contributed by atoms with Gasteiger partial charge in [0.25, 0.3) is 5.91 Å². The van der Waals surface area contributed by atoms with Gasteiger partial charge in [-0.05, 0) is 38.2 Å². The summed E-state index contributed by atoms with van der Waals surface area (Å²) in [5.74, 6) is 0.128. The third-order valence-corrected chi connectivity index (χ3v) is 3.75. The number of anilines is 2. The highest BCUT2D eigenvalue weighted by Gasteiger charge is 2.21. The number of hydrogen-bond donors (Lipinski definition) is 3. The molecular formula is C12H21N5OS. The van der Waals surface area contributed by atoms with Crippen LogP contribution in [0.25, 0.3) is 0 Å². The van der Waals surface area contributed by atoms with Gasteiger partial charge in [-0.3, -0.25) is 4.79 Å². The van der Waals surface area contributed by atoms with Crippen LogP contribution in [-0.4, -0.2) is 34.4 Å². The molecule has 2 heterocycles. The first kappa shape index (κ1) is 14.1. The molecule has 0 spiro atoms. The lowest BCUT2D eigenvalue weighted by Gasteiger charge is -2.27. The van der Waals surface area contributed by atoms with Crippen LogP contribution in [0, 0.1) is 0 Å². The van der Waals surface area contributed by atoms with Crippen LogP contribution in [0.15, 0.2) is 0 Å². The summed E-state index contributed by atoms with van der Waals surface area (Å²) in [5, 5.41) is 5.71. The molecule has 4 N–H and O–H groups in total. The van der Waals surface area contributed by atoms with Crippen LogP contribution in [0.4, 0.5) is 10.8 Å². The van der Waals surface area contributed by atoms with Crippen molar-refractivity contribution in [3.8, 4) is 0 Å². The molecule has 0 bridgehead atoms. The number of amides is 1. The summed E-state index contributed by atoms with van der Waals surface area (Å²) >= 11 is 1.24. The topological polar surface area (TPSA) is 83.3 Å². The average Bonchev–Trinajstić information content (AvgIpc) is 2.71. The third kappa shape index (κ3) is 3.57. The van der Waals surface area contributed by atoms with E-state index in [2.05, 4.69) is 20.1 Å². The molecule has 19 heavy (non-hydrogen) atoms. The van der Waals surface area contributed by atoms with Crippen LogP contribution >= 0.6 is 11.5 Å². The first-order valence-corrected chi connectivity index (χ1v) is 7.43. The largest absolute Gasteiger partial charge is 0.382 e. The quantitative estimate of drug-likeness (QED) is 0.783. The molecule has 1 aliphatic heterocycles. The zero-order valence-corrected chi connectivity index (χ0v) is 12.2. The molecule has 0 atom stereocenters. The number of aromatic nitrogens is 1. The van der Waals surface area contributed by atoms with E-state index in [1.54, 1.807) is 0 Å². The summed E-state index contributed by atoms with van der Waals surface area (Å²) in [6, 6.07) is 0.0784. The van der Waals surface area contributed by atoms with E-state index >= 15 is 0 Å². The van der Waals surface area contributed by atoms with E-state index in [-0.39, 0.29) is 11.9 Å². The van der Waals surface area contributed by atoms with Crippen molar-refractivity contribution in [1.29, 1.82) is 0 Å². The molecule has 1 aromatic rings. The smallest absolute Gasteiger partial charge is 0.258 e. The number of piperidine rings is 1. The lowest BCUT2D eigenvalue weighted by Crippen LogP contribution is -2.36. The van der Waals surface area contributed by atoms with Gasteiger partial charge < -0.3 is 16.5 Å². The van der Waals surface area contributed by atoms with Crippen molar-refractivity contribution < 1.29 is 4.79 Å². The highest BCUT2D eigenvalue weighted by atomic mass is 32.1. The van der Waals surface area contributed by atoms with Crippen molar-refractivity contribution in [3.05, 3.63) is 5.56 Å². The normalized spacial score (nSPS) is 16.6. The highest BCUT2D eigenvalue weighted by Crippen LogP contribution is 2.27. The fourth-order valence-corrected chi connectivity index (χ4v) is 2.82. The fourth-order valence-electron chi connectivity index (χ4n) is 2.08. The number of nitrogen functional groups attached to an aromatic ring is 1. The molecule has 0 saturated carbocycles. The summed E-state index contributed by atoms with van der Waals surface area (Å²) in [6.07, 6.45) is 3.62. The van der Waals surface area contributed by atoms with Gasteiger partial charge in [0.1, 0.15) is 10.6 Å². The van der Waals surface area contributed by atoms with Gasteiger partial charge in [-0.1, -0.05) is 6.42 Å². The number of hydrazine groups is 1. The van der Waals surface area contributed by atoms with Crippen molar-refractivity contribution in [1.82, 2.24) is 14.7 Å². The summed E-state index contributed by atoms with van der Waals surface area (Å²) in [6.45, 7) is 5.82. The summed E-state index contributed by atoms with van der Waals surface area (Å²) in [4.78, 5) is 12.1. The van der Waals surface area contributed by atoms with Crippen LogP contribution in [0.2, 0.25) is 0 Å². The first-order valence-electron chi connectivity index (χ1n) is 6.65. The Hall–Kier alpha value is -1.34. The average molecular weight is 283 g/mol. The summed E-state index contributed by atoms with van der Waals surface area (Å²) in [7, 11) is 0. The molecular weight excluding hydrogens is 262 g/mol. The van der Waals surface area contributed by atoms with Crippen LogP contribution < -0.4 is 16.5 Å². The Morgan fingerprint density at radius 1 is 1.37 bits per heavy atom. The lowest BCUT2D eigenvalue weighted by molar-refractivity contribution is 0.0944. The van der Waals surface area contributed by atoms with Crippen molar-refractivity contribution in [2.24, 2.45) is 0 Å². The van der Waals surface area contributed by atoms with Gasteiger partial charge in [-0.15, -0.1) is 0 Å². The Bertz CT molecular complexity index is 439. The van der Waals surface area contributed by atoms with Crippen molar-refractivity contribution >= 4 is 28.3 Å². The number of nitrogens with zero attached hydrogens (tertiary/aromatic N) is 2. The Morgan fingerprint density at radius 3 is 2.68 bits per heavy atom.